The molecule has 0 spiro atoms. The lowest BCUT2D eigenvalue weighted by Gasteiger charge is -2.33. The molecule has 0 fully saturated rings. The van der Waals surface area contributed by atoms with Gasteiger partial charge in [0.1, 0.15) is 11.6 Å². The number of anilines is 2. The topological polar surface area (TPSA) is 68.2 Å². The average Bonchev–Trinajstić information content (AvgIpc) is 3.36. The van der Waals surface area contributed by atoms with Gasteiger partial charge in [0.2, 0.25) is 0 Å². The van der Waals surface area contributed by atoms with E-state index in [0.717, 1.165) is 28.9 Å². The summed E-state index contributed by atoms with van der Waals surface area (Å²) in [5.74, 6) is -1.33. The van der Waals surface area contributed by atoms with E-state index in [1.54, 1.807) is 17.5 Å². The van der Waals surface area contributed by atoms with Crippen LogP contribution in [0.1, 0.15) is 33.9 Å². The molecule has 4 rings (SSSR count). The van der Waals surface area contributed by atoms with Gasteiger partial charge in [-0.1, -0.05) is 6.07 Å². The molecule has 2 atom stereocenters. The van der Waals surface area contributed by atoms with Crippen molar-refractivity contribution in [2.75, 3.05) is 10.6 Å². The van der Waals surface area contributed by atoms with E-state index < -0.39 is 36.3 Å². The number of halogens is 7. The van der Waals surface area contributed by atoms with Gasteiger partial charge in [0.25, 0.3) is 5.91 Å². The normalized spacial score (nSPS) is 18.4. The number of hydrogen-bond donors (Lipinski definition) is 2. The lowest BCUT2D eigenvalue weighted by atomic mass is 10.0. The second-order valence-corrected chi connectivity index (χ2v) is 8.76. The summed E-state index contributed by atoms with van der Waals surface area (Å²) in [5.41, 5.74) is -0.210. The number of carbonyl (C=O) groups is 1. The van der Waals surface area contributed by atoms with Crippen molar-refractivity contribution in [3.63, 3.8) is 0 Å². The molecule has 3 aromatic rings. The summed E-state index contributed by atoms with van der Waals surface area (Å²) < 4.78 is 82.7. The van der Waals surface area contributed by atoms with E-state index in [9.17, 15) is 31.1 Å². The highest BCUT2D eigenvalue weighted by atomic mass is 79.9. The minimum absolute atomic E-state index is 0.000972. The molecule has 2 N–H and O–H groups in total. The highest BCUT2D eigenvalue weighted by Gasteiger charge is 2.48. The number of rotatable bonds is 4. The van der Waals surface area contributed by atoms with Gasteiger partial charge < -0.3 is 15.4 Å². The first kappa shape index (κ1) is 23.4. The van der Waals surface area contributed by atoms with Crippen molar-refractivity contribution in [1.82, 2.24) is 9.78 Å². The van der Waals surface area contributed by atoms with Gasteiger partial charge in [-0.05, 0) is 51.6 Å². The molecule has 2 aromatic heterocycles. The SMILES string of the molecule is O=C(Nc1ccc(OC(F)(F)F)cc1)c1nn2c(c1Br)N[C@@H](c1cccs1)C[C@@H]2C(F)(F)F. The highest BCUT2D eigenvalue weighted by Crippen LogP contribution is 2.47. The summed E-state index contributed by atoms with van der Waals surface area (Å²) >= 11 is 4.47. The number of ether oxygens (including phenoxy) is 1. The van der Waals surface area contributed by atoms with E-state index in [4.69, 9.17) is 0 Å². The van der Waals surface area contributed by atoms with Crippen LogP contribution in [0.3, 0.4) is 0 Å². The number of amides is 1. The lowest BCUT2D eigenvalue weighted by molar-refractivity contribution is -0.274. The lowest BCUT2D eigenvalue weighted by Crippen LogP contribution is -2.35. The van der Waals surface area contributed by atoms with Gasteiger partial charge in [-0.15, -0.1) is 24.5 Å². The van der Waals surface area contributed by atoms with Crippen molar-refractivity contribution in [2.45, 2.75) is 31.0 Å². The Kier molecular flexibility index (Phi) is 6.07. The first-order valence-corrected chi connectivity index (χ1v) is 10.9. The predicted molar refractivity (Wildman–Crippen MR) is 111 cm³/mol. The molecule has 6 nitrogen and oxygen atoms in total. The third kappa shape index (κ3) is 5.11. The summed E-state index contributed by atoms with van der Waals surface area (Å²) in [6, 6.07) is 5.15. The maximum Gasteiger partial charge on any atom is 0.573 e. The van der Waals surface area contributed by atoms with Crippen molar-refractivity contribution in [3.8, 4) is 5.75 Å². The Morgan fingerprint density at radius 1 is 1.18 bits per heavy atom. The van der Waals surface area contributed by atoms with E-state index in [1.807, 2.05) is 0 Å². The van der Waals surface area contributed by atoms with Crippen LogP contribution in [-0.4, -0.2) is 28.2 Å². The Hall–Kier alpha value is -2.74. The Morgan fingerprint density at radius 2 is 1.88 bits per heavy atom. The fourth-order valence-corrected chi connectivity index (χ4v) is 4.69. The monoisotopic (exact) mass is 554 g/mol. The summed E-state index contributed by atoms with van der Waals surface area (Å²) in [4.78, 5) is 13.4. The largest absolute Gasteiger partial charge is 0.573 e. The predicted octanol–water partition coefficient (Wildman–Crippen LogP) is 6.52. The molecular formula is C19H13BrF6N4O2S. The number of thiophene rings is 1. The van der Waals surface area contributed by atoms with Crippen LogP contribution in [0.5, 0.6) is 5.75 Å². The van der Waals surface area contributed by atoms with Crippen LogP contribution < -0.4 is 15.4 Å². The van der Waals surface area contributed by atoms with Crippen molar-refractivity contribution >= 4 is 44.7 Å². The van der Waals surface area contributed by atoms with Crippen LogP contribution in [0, 0.1) is 0 Å². The minimum Gasteiger partial charge on any atom is -0.406 e. The van der Waals surface area contributed by atoms with Crippen molar-refractivity contribution in [3.05, 3.63) is 56.8 Å². The number of benzene rings is 1. The molecule has 0 radical (unpaired) electrons. The molecule has 33 heavy (non-hydrogen) atoms. The van der Waals surface area contributed by atoms with Crippen molar-refractivity contribution in [1.29, 1.82) is 0 Å². The highest BCUT2D eigenvalue weighted by molar-refractivity contribution is 9.10. The molecule has 0 saturated heterocycles. The van der Waals surface area contributed by atoms with Gasteiger partial charge in [-0.2, -0.15) is 18.3 Å². The molecule has 176 valence electrons. The molecule has 14 heteroatoms. The number of fused-ring (bicyclic) bond motifs is 1. The Bertz CT molecular complexity index is 1140. The Morgan fingerprint density at radius 3 is 2.45 bits per heavy atom. The third-order valence-electron chi connectivity index (χ3n) is 4.74. The minimum atomic E-state index is -4.87. The van der Waals surface area contributed by atoms with Gasteiger partial charge in [0.05, 0.1) is 10.5 Å². The van der Waals surface area contributed by atoms with E-state index in [0.29, 0.717) is 4.88 Å². The fraction of sp³-hybridized carbons (Fsp3) is 0.263. The van der Waals surface area contributed by atoms with E-state index in [1.165, 1.54) is 11.3 Å². The zero-order chi connectivity index (χ0) is 24.0. The van der Waals surface area contributed by atoms with E-state index in [-0.39, 0.29) is 28.1 Å². The fourth-order valence-electron chi connectivity index (χ4n) is 3.34. The number of aromatic nitrogens is 2. The second-order valence-electron chi connectivity index (χ2n) is 6.99. The van der Waals surface area contributed by atoms with Gasteiger partial charge >= 0.3 is 12.5 Å². The first-order chi connectivity index (χ1) is 15.4. The maximum absolute atomic E-state index is 13.8. The molecule has 1 aliphatic rings. The molecule has 0 unspecified atom stereocenters. The smallest absolute Gasteiger partial charge is 0.406 e. The summed E-state index contributed by atoms with van der Waals surface area (Å²) in [6.45, 7) is 0. The van der Waals surface area contributed by atoms with Gasteiger partial charge in [-0.3, -0.25) is 4.79 Å². The zero-order valence-electron chi connectivity index (χ0n) is 16.2. The Balaban J connectivity index is 1.59. The molecule has 0 bridgehead atoms. The quantitative estimate of drug-likeness (QED) is 0.360. The molecule has 1 aromatic carbocycles. The van der Waals surface area contributed by atoms with Gasteiger partial charge in [-0.25, -0.2) is 4.68 Å². The van der Waals surface area contributed by atoms with Crippen molar-refractivity contribution in [2.24, 2.45) is 0 Å². The van der Waals surface area contributed by atoms with Crippen LogP contribution in [0.15, 0.2) is 46.3 Å². The van der Waals surface area contributed by atoms with E-state index in [2.05, 4.69) is 36.4 Å². The molecule has 1 aliphatic heterocycles. The Labute approximate surface area is 194 Å². The first-order valence-electron chi connectivity index (χ1n) is 9.24. The zero-order valence-corrected chi connectivity index (χ0v) is 18.6. The molecule has 1 amide bonds. The summed E-state index contributed by atoms with van der Waals surface area (Å²) in [7, 11) is 0. The van der Waals surface area contributed by atoms with Crippen LogP contribution >= 0.6 is 27.3 Å². The number of carbonyl (C=O) groups excluding carboxylic acids is 1. The molecule has 0 aliphatic carbocycles. The number of nitrogens with zero attached hydrogens (tertiary/aromatic N) is 2. The van der Waals surface area contributed by atoms with Gasteiger partial charge in [0, 0.05) is 17.0 Å². The number of alkyl halides is 6. The molecular weight excluding hydrogens is 542 g/mol. The van der Waals surface area contributed by atoms with Crippen LogP contribution in [0.4, 0.5) is 37.8 Å². The molecule has 3 heterocycles. The van der Waals surface area contributed by atoms with E-state index >= 15 is 0 Å². The van der Waals surface area contributed by atoms with Crippen molar-refractivity contribution < 1.29 is 35.9 Å². The maximum atomic E-state index is 13.8. The standard InChI is InChI=1S/C19H13BrF6N4O2S/c20-14-15(17(31)27-9-3-5-10(6-4-9)32-19(24,25)26)29-30-13(18(21,22)23)8-11(28-16(14)30)12-2-1-7-33-12/h1-7,11,13,28H,8H2,(H,27,31)/t11-,13-/m1/s1. The summed E-state index contributed by atoms with van der Waals surface area (Å²) in [5, 5.41) is 11.0. The summed E-state index contributed by atoms with van der Waals surface area (Å²) in [6.07, 6.45) is -9.79. The van der Waals surface area contributed by atoms with Gasteiger partial charge in [0.15, 0.2) is 11.7 Å². The van der Waals surface area contributed by atoms with Crippen LogP contribution in [-0.2, 0) is 0 Å². The number of hydrogen-bond acceptors (Lipinski definition) is 5. The molecule has 0 saturated carbocycles. The average molecular weight is 555 g/mol. The second kappa shape index (κ2) is 8.56. The number of nitrogens with one attached hydrogen (secondary N) is 2. The van der Waals surface area contributed by atoms with Crippen LogP contribution in [0.25, 0.3) is 0 Å². The van der Waals surface area contributed by atoms with Crippen LogP contribution in [0.2, 0.25) is 0 Å². The third-order valence-corrected chi connectivity index (χ3v) is 6.48.